The van der Waals surface area contributed by atoms with Crippen molar-refractivity contribution < 1.29 is 9.53 Å². The molecule has 0 aromatic carbocycles. The zero-order chi connectivity index (χ0) is 13.5. The number of aromatic nitrogens is 1. The van der Waals surface area contributed by atoms with Gasteiger partial charge in [-0.25, -0.2) is 9.78 Å². The Morgan fingerprint density at radius 1 is 1.47 bits per heavy atom. The van der Waals surface area contributed by atoms with E-state index in [0.29, 0.717) is 12.3 Å². The van der Waals surface area contributed by atoms with Crippen LogP contribution in [0, 0.1) is 5.92 Å². The first-order valence-electron chi connectivity index (χ1n) is 7.16. The first-order valence-corrected chi connectivity index (χ1v) is 8.04. The molecule has 0 radical (unpaired) electrons. The Kier molecular flexibility index (Phi) is 5.63. The van der Waals surface area contributed by atoms with E-state index < -0.39 is 0 Å². The Labute approximate surface area is 118 Å². The van der Waals surface area contributed by atoms with Crippen molar-refractivity contribution in [3.05, 3.63) is 11.1 Å². The van der Waals surface area contributed by atoms with E-state index in [1.807, 2.05) is 0 Å². The number of carbonyl (C=O) groups is 1. The van der Waals surface area contributed by atoms with E-state index in [0.717, 1.165) is 17.6 Å². The number of ether oxygens (including phenoxy) is 1. The first-order chi connectivity index (χ1) is 9.29. The molecule has 5 heteroatoms. The van der Waals surface area contributed by atoms with Crippen LogP contribution in [-0.4, -0.2) is 24.1 Å². The summed E-state index contributed by atoms with van der Waals surface area (Å²) in [5.41, 5.74) is 0.409. The molecule has 0 saturated heterocycles. The number of esters is 1. The summed E-state index contributed by atoms with van der Waals surface area (Å²) in [6, 6.07) is 0. The van der Waals surface area contributed by atoms with Crippen molar-refractivity contribution in [2.75, 3.05) is 18.5 Å². The highest BCUT2D eigenvalue weighted by molar-refractivity contribution is 7.13. The van der Waals surface area contributed by atoms with Gasteiger partial charge in [0.15, 0.2) is 10.8 Å². The molecule has 106 valence electrons. The Morgan fingerprint density at radius 3 is 3.00 bits per heavy atom. The molecule has 1 aliphatic rings. The summed E-state index contributed by atoms with van der Waals surface area (Å²) in [6.07, 6.45) is 8.11. The highest BCUT2D eigenvalue weighted by Crippen LogP contribution is 2.26. The number of rotatable bonds is 6. The molecule has 1 N–H and O–H groups in total. The molecule has 4 nitrogen and oxygen atoms in total. The molecule has 0 bridgehead atoms. The van der Waals surface area contributed by atoms with Crippen LogP contribution in [0.5, 0.6) is 0 Å². The molecule has 0 spiro atoms. The van der Waals surface area contributed by atoms with Gasteiger partial charge >= 0.3 is 5.97 Å². The van der Waals surface area contributed by atoms with Crippen molar-refractivity contribution >= 4 is 22.4 Å². The zero-order valence-electron chi connectivity index (χ0n) is 11.5. The highest BCUT2D eigenvalue weighted by atomic mass is 32.1. The van der Waals surface area contributed by atoms with E-state index in [2.05, 4.69) is 10.3 Å². The molecule has 1 aromatic rings. The van der Waals surface area contributed by atoms with Gasteiger partial charge in [0, 0.05) is 11.9 Å². The maximum absolute atomic E-state index is 11.5. The van der Waals surface area contributed by atoms with Gasteiger partial charge in [-0.15, -0.1) is 11.3 Å². The van der Waals surface area contributed by atoms with Crippen LogP contribution in [-0.2, 0) is 4.74 Å². The van der Waals surface area contributed by atoms with Crippen molar-refractivity contribution in [2.24, 2.45) is 5.92 Å². The fraction of sp³-hybridized carbons (Fsp3) is 0.714. The summed E-state index contributed by atoms with van der Waals surface area (Å²) < 4.78 is 4.92. The van der Waals surface area contributed by atoms with Gasteiger partial charge in [0.2, 0.25) is 0 Å². The Morgan fingerprint density at radius 2 is 2.26 bits per heavy atom. The Bertz CT molecular complexity index is 400. The Balaban J connectivity index is 1.72. The van der Waals surface area contributed by atoms with Crippen LogP contribution in [0.25, 0.3) is 0 Å². The number of nitrogens with one attached hydrogen (secondary N) is 1. The molecular formula is C14H22N2O2S. The fourth-order valence-electron chi connectivity index (χ4n) is 2.51. The summed E-state index contributed by atoms with van der Waals surface area (Å²) in [4.78, 5) is 15.7. The van der Waals surface area contributed by atoms with Gasteiger partial charge in [-0.1, -0.05) is 32.1 Å². The molecule has 19 heavy (non-hydrogen) atoms. The third-order valence-corrected chi connectivity index (χ3v) is 4.34. The van der Waals surface area contributed by atoms with Gasteiger partial charge in [-0.2, -0.15) is 0 Å². The first kappa shape index (κ1) is 14.3. The van der Waals surface area contributed by atoms with E-state index in [4.69, 9.17) is 4.74 Å². The maximum atomic E-state index is 11.5. The summed E-state index contributed by atoms with van der Waals surface area (Å²) in [5.74, 6) is 0.532. The van der Waals surface area contributed by atoms with E-state index >= 15 is 0 Å². The minimum atomic E-state index is -0.334. The van der Waals surface area contributed by atoms with Crippen molar-refractivity contribution in [2.45, 2.75) is 45.4 Å². The van der Waals surface area contributed by atoms with Gasteiger partial charge < -0.3 is 10.1 Å². The standard InChI is InChI=1S/C14H22N2O2S/c1-2-18-13(17)12-10-19-14(16-12)15-9-8-11-6-4-3-5-7-11/h10-11H,2-9H2,1H3,(H,15,16). The van der Waals surface area contributed by atoms with E-state index in [-0.39, 0.29) is 5.97 Å². The van der Waals surface area contributed by atoms with Crippen molar-refractivity contribution in [1.82, 2.24) is 4.98 Å². The number of thiazole rings is 1. The molecule has 1 aromatic heterocycles. The fourth-order valence-corrected chi connectivity index (χ4v) is 3.22. The minimum absolute atomic E-state index is 0.334. The lowest BCUT2D eigenvalue weighted by molar-refractivity contribution is 0.0520. The van der Waals surface area contributed by atoms with Gasteiger partial charge in [0.05, 0.1) is 6.61 Å². The summed E-state index contributed by atoms with van der Waals surface area (Å²) in [7, 11) is 0. The number of hydrogen-bond acceptors (Lipinski definition) is 5. The highest BCUT2D eigenvalue weighted by Gasteiger charge is 2.14. The van der Waals surface area contributed by atoms with E-state index in [1.54, 1.807) is 12.3 Å². The van der Waals surface area contributed by atoms with Crippen molar-refractivity contribution in [3.8, 4) is 0 Å². The van der Waals surface area contributed by atoms with Crippen LogP contribution in [0.3, 0.4) is 0 Å². The summed E-state index contributed by atoms with van der Waals surface area (Å²) in [5, 5.41) is 5.88. The van der Waals surface area contributed by atoms with Crippen LogP contribution >= 0.6 is 11.3 Å². The summed E-state index contributed by atoms with van der Waals surface area (Å²) in [6.45, 7) is 3.13. The third kappa shape index (κ3) is 4.49. The predicted octanol–water partition coefficient (Wildman–Crippen LogP) is 3.70. The third-order valence-electron chi connectivity index (χ3n) is 3.54. The molecule has 0 aliphatic heterocycles. The van der Waals surface area contributed by atoms with Crippen LogP contribution in [0.4, 0.5) is 5.13 Å². The normalized spacial score (nSPS) is 16.3. The van der Waals surface area contributed by atoms with Crippen LogP contribution < -0.4 is 5.32 Å². The van der Waals surface area contributed by atoms with Gasteiger partial charge in [-0.3, -0.25) is 0 Å². The molecule has 1 saturated carbocycles. The monoisotopic (exact) mass is 282 g/mol. The smallest absolute Gasteiger partial charge is 0.357 e. The second-order valence-corrected chi connectivity index (χ2v) is 5.84. The summed E-state index contributed by atoms with van der Waals surface area (Å²) >= 11 is 1.47. The molecule has 1 heterocycles. The lowest BCUT2D eigenvalue weighted by Gasteiger charge is -2.21. The number of anilines is 1. The molecule has 0 atom stereocenters. The van der Waals surface area contributed by atoms with Gasteiger partial charge in [-0.05, 0) is 19.3 Å². The maximum Gasteiger partial charge on any atom is 0.357 e. The lowest BCUT2D eigenvalue weighted by atomic mass is 9.87. The average Bonchev–Trinajstić information content (AvgIpc) is 2.89. The molecule has 0 amide bonds. The van der Waals surface area contributed by atoms with E-state index in [1.165, 1.54) is 49.9 Å². The van der Waals surface area contributed by atoms with Crippen LogP contribution in [0.1, 0.15) is 55.9 Å². The minimum Gasteiger partial charge on any atom is -0.461 e. The largest absolute Gasteiger partial charge is 0.461 e. The molecule has 1 fully saturated rings. The van der Waals surface area contributed by atoms with Crippen LogP contribution in [0.15, 0.2) is 5.38 Å². The number of nitrogens with zero attached hydrogens (tertiary/aromatic N) is 1. The quantitative estimate of drug-likeness (QED) is 0.808. The van der Waals surface area contributed by atoms with Gasteiger partial charge in [0.25, 0.3) is 0 Å². The molecule has 0 unspecified atom stereocenters. The zero-order valence-corrected chi connectivity index (χ0v) is 12.3. The number of carbonyl (C=O) groups excluding carboxylic acids is 1. The molecular weight excluding hydrogens is 260 g/mol. The second kappa shape index (κ2) is 7.48. The lowest BCUT2D eigenvalue weighted by Crippen LogP contribution is -2.12. The average molecular weight is 282 g/mol. The van der Waals surface area contributed by atoms with Crippen LogP contribution in [0.2, 0.25) is 0 Å². The molecule has 1 aliphatic carbocycles. The van der Waals surface area contributed by atoms with E-state index in [9.17, 15) is 4.79 Å². The van der Waals surface area contributed by atoms with Crippen molar-refractivity contribution in [3.63, 3.8) is 0 Å². The molecule has 2 rings (SSSR count). The predicted molar refractivity (Wildman–Crippen MR) is 77.8 cm³/mol. The van der Waals surface area contributed by atoms with Gasteiger partial charge in [0.1, 0.15) is 0 Å². The second-order valence-electron chi connectivity index (χ2n) is 4.98. The SMILES string of the molecule is CCOC(=O)c1csc(NCCC2CCCCC2)n1. The topological polar surface area (TPSA) is 51.2 Å². The number of hydrogen-bond donors (Lipinski definition) is 1. The Hall–Kier alpha value is -1.10. The van der Waals surface area contributed by atoms with Crippen molar-refractivity contribution in [1.29, 1.82) is 0 Å².